The lowest BCUT2D eigenvalue weighted by Crippen LogP contribution is -2.20. The third-order valence-corrected chi connectivity index (χ3v) is 8.34. The summed E-state index contributed by atoms with van der Waals surface area (Å²) < 4.78 is 7.41. The molecule has 0 spiro atoms. The van der Waals surface area contributed by atoms with Crippen molar-refractivity contribution in [3.8, 4) is 76.8 Å². The van der Waals surface area contributed by atoms with Gasteiger partial charge >= 0.3 is 0 Å². The average Bonchev–Trinajstić information content (AvgIpc) is 3.59. The number of hydrogen-bond acceptors (Lipinski definition) is 6. The number of unbranched alkanes of at least 4 members (excludes halogenated alkanes) is 1. The van der Waals surface area contributed by atoms with E-state index in [1.54, 1.807) is 35.5 Å². The van der Waals surface area contributed by atoms with Gasteiger partial charge in [-0.1, -0.05) is 61.0 Å². The summed E-state index contributed by atoms with van der Waals surface area (Å²) in [6.45, 7) is 3.96. The summed E-state index contributed by atoms with van der Waals surface area (Å²) in [5.41, 5.74) is 3.83. The Balaban J connectivity index is 1.57. The van der Waals surface area contributed by atoms with Gasteiger partial charge in [0.05, 0.1) is 29.2 Å². The van der Waals surface area contributed by atoms with Crippen LogP contribution in [0.2, 0.25) is 0 Å². The highest BCUT2D eigenvalue weighted by molar-refractivity contribution is 8.03. The quantitative estimate of drug-likeness (QED) is 0.226. The van der Waals surface area contributed by atoms with Crippen LogP contribution in [-0.2, 0) is 6.42 Å². The minimum atomic E-state index is -0.285. The molecule has 1 aliphatic heterocycles. The molecule has 4 aromatic rings. The first-order chi connectivity index (χ1) is 23.0. The first-order valence-electron chi connectivity index (χ1n) is 14.6. The Hall–Kier alpha value is -5.75. The molecule has 5 rings (SSSR count). The molecule has 0 bridgehead atoms. The summed E-state index contributed by atoms with van der Waals surface area (Å²) in [6, 6.07) is 18.6. The van der Waals surface area contributed by atoms with Crippen LogP contribution < -0.4 is 20.4 Å². The zero-order valence-corrected chi connectivity index (χ0v) is 27.5. The van der Waals surface area contributed by atoms with Crippen molar-refractivity contribution >= 4 is 40.8 Å². The maximum atomic E-state index is 13.5. The molecule has 0 amide bonds. The Morgan fingerprint density at radius 1 is 1.04 bits per heavy atom. The van der Waals surface area contributed by atoms with Crippen molar-refractivity contribution in [1.82, 2.24) is 14.6 Å². The van der Waals surface area contributed by atoms with E-state index in [2.05, 4.69) is 65.3 Å². The van der Waals surface area contributed by atoms with Crippen LogP contribution in [0.15, 0.2) is 80.4 Å². The summed E-state index contributed by atoms with van der Waals surface area (Å²) in [5.74, 6) is 21.1. The summed E-state index contributed by atoms with van der Waals surface area (Å²) >= 11 is 8.36. The molecule has 2 aromatic carbocycles. The van der Waals surface area contributed by atoms with Gasteiger partial charge < -0.3 is 4.74 Å². The molecule has 0 radical (unpaired) electrons. The standard InChI is InChI=1S/C39H27ClN4O2S/c1-5-7-9-10-11-12-13-18-26-43-33-21-15-17-23-35(33)47-36(43)25-24-29(40)27-32-28(3)42-44-37(30-20-14-16-22-34(30)46-4)31(19-8-6-2)39(45)41-38(32)44/h1,14-17,20-25,27H,6,8,19H2,2-4H3/b29-24-,32-27-,36-25-. The van der Waals surface area contributed by atoms with Gasteiger partial charge in [0.2, 0.25) is 0 Å². The van der Waals surface area contributed by atoms with E-state index in [1.165, 1.54) is 0 Å². The second-order valence-electron chi connectivity index (χ2n) is 10.0. The van der Waals surface area contributed by atoms with Gasteiger partial charge in [-0.2, -0.15) is 10.1 Å². The van der Waals surface area contributed by atoms with Crippen LogP contribution in [0.25, 0.3) is 23.0 Å². The fourth-order valence-corrected chi connectivity index (χ4v) is 6.07. The van der Waals surface area contributed by atoms with Crippen molar-refractivity contribution in [2.75, 3.05) is 12.0 Å². The number of nitrogens with zero attached hydrogens (tertiary/aromatic N) is 4. The summed E-state index contributed by atoms with van der Waals surface area (Å²) in [5, 5.41) is 6.75. The number of terminal acetylenes is 1. The van der Waals surface area contributed by atoms with Crippen LogP contribution >= 0.6 is 23.4 Å². The van der Waals surface area contributed by atoms with Gasteiger partial charge in [0.1, 0.15) is 5.75 Å². The second kappa shape index (κ2) is 15.5. The lowest BCUT2D eigenvalue weighted by molar-refractivity contribution is 0.416. The van der Waals surface area contributed by atoms with E-state index in [1.807, 2.05) is 66.4 Å². The first-order valence-corrected chi connectivity index (χ1v) is 15.8. The lowest BCUT2D eigenvalue weighted by atomic mass is 10.0. The molecule has 1 aliphatic rings. The highest BCUT2D eigenvalue weighted by Gasteiger charge is 2.23. The van der Waals surface area contributed by atoms with E-state index in [-0.39, 0.29) is 5.56 Å². The van der Waals surface area contributed by atoms with E-state index in [0.717, 1.165) is 34.0 Å². The van der Waals surface area contributed by atoms with Crippen molar-refractivity contribution < 1.29 is 4.74 Å². The van der Waals surface area contributed by atoms with Crippen molar-refractivity contribution in [3.05, 3.63) is 97.6 Å². The molecular weight excluding hydrogens is 624 g/mol. The van der Waals surface area contributed by atoms with Crippen molar-refractivity contribution in [1.29, 1.82) is 0 Å². The predicted molar refractivity (Wildman–Crippen MR) is 191 cm³/mol. The Kier molecular flexibility index (Phi) is 10.8. The molecule has 0 saturated heterocycles. The van der Waals surface area contributed by atoms with E-state index in [4.69, 9.17) is 27.9 Å². The fraction of sp³-hybridized carbons (Fsp3) is 0.154. The molecule has 2 aromatic heterocycles. The molecule has 0 atom stereocenters. The van der Waals surface area contributed by atoms with Crippen LogP contribution in [0.5, 0.6) is 5.75 Å². The number of anilines is 1. The van der Waals surface area contributed by atoms with Crippen LogP contribution in [0, 0.1) is 66.8 Å². The van der Waals surface area contributed by atoms with Crippen molar-refractivity contribution in [2.24, 2.45) is 0 Å². The van der Waals surface area contributed by atoms with Gasteiger partial charge in [-0.25, -0.2) is 4.52 Å². The van der Waals surface area contributed by atoms with Gasteiger partial charge in [0.15, 0.2) is 5.65 Å². The SMILES string of the molecule is C#CC#CC#CC#CC#CN1/C(=C/C=C(Cl)/C=c2/c(C)nn3c(-c4ccccc4OC)c(CCCC)c(=O)nc23)Sc2ccccc21. The zero-order chi connectivity index (χ0) is 33.2. The molecular formula is C39H27ClN4O2S. The summed E-state index contributed by atoms with van der Waals surface area (Å²) in [6.07, 6.45) is 12.9. The number of benzene rings is 2. The Bertz CT molecular complexity index is 2350. The van der Waals surface area contributed by atoms with E-state index < -0.39 is 0 Å². The van der Waals surface area contributed by atoms with Gasteiger partial charge in [-0.05, 0) is 85.9 Å². The van der Waals surface area contributed by atoms with Crippen molar-refractivity contribution in [2.45, 2.75) is 38.0 Å². The largest absolute Gasteiger partial charge is 0.496 e. The number of thioether (sulfide) groups is 1. The number of allylic oxidation sites excluding steroid dienone is 3. The highest BCUT2D eigenvalue weighted by Crippen LogP contribution is 2.45. The van der Waals surface area contributed by atoms with Gasteiger partial charge in [-0.3, -0.25) is 9.69 Å². The van der Waals surface area contributed by atoms with Crippen LogP contribution in [-0.4, -0.2) is 21.7 Å². The third-order valence-electron chi connectivity index (χ3n) is 7.01. The Labute approximate surface area is 283 Å². The third kappa shape index (κ3) is 7.39. The number of aryl methyl sites for hydroxylation is 1. The molecule has 0 unspecified atom stereocenters. The van der Waals surface area contributed by atoms with E-state index in [0.29, 0.717) is 45.0 Å². The highest BCUT2D eigenvalue weighted by atomic mass is 35.5. The van der Waals surface area contributed by atoms with Gasteiger partial charge in [-0.15, -0.1) is 6.42 Å². The molecule has 228 valence electrons. The topological polar surface area (TPSA) is 59.7 Å². The lowest BCUT2D eigenvalue weighted by Gasteiger charge is -2.13. The number of halogens is 1. The maximum absolute atomic E-state index is 13.5. The second-order valence-corrected chi connectivity index (χ2v) is 11.5. The minimum Gasteiger partial charge on any atom is -0.496 e. The maximum Gasteiger partial charge on any atom is 0.277 e. The summed E-state index contributed by atoms with van der Waals surface area (Å²) in [4.78, 5) is 20.9. The smallest absolute Gasteiger partial charge is 0.277 e. The molecule has 8 heteroatoms. The molecule has 0 saturated carbocycles. The molecule has 0 aliphatic carbocycles. The number of aromatic nitrogens is 3. The molecule has 0 N–H and O–H groups in total. The first kappa shape index (κ1) is 32.6. The molecule has 0 fully saturated rings. The van der Waals surface area contributed by atoms with Crippen LogP contribution in [0.4, 0.5) is 5.69 Å². The fourth-order valence-electron chi connectivity index (χ4n) is 4.89. The summed E-state index contributed by atoms with van der Waals surface area (Å²) in [7, 11) is 1.61. The average molecular weight is 651 g/mol. The Morgan fingerprint density at radius 2 is 1.77 bits per heavy atom. The number of para-hydroxylation sites is 2. The number of methoxy groups -OCH3 is 1. The van der Waals surface area contributed by atoms with E-state index in [9.17, 15) is 4.79 Å². The molecule has 47 heavy (non-hydrogen) atoms. The normalized spacial score (nSPS) is 12.9. The van der Waals surface area contributed by atoms with Crippen LogP contribution in [0.1, 0.15) is 31.0 Å². The van der Waals surface area contributed by atoms with Gasteiger partial charge in [0.25, 0.3) is 5.56 Å². The molecule has 3 heterocycles. The monoisotopic (exact) mass is 650 g/mol. The number of ether oxygens (including phenoxy) is 1. The molecule has 6 nitrogen and oxygen atoms in total. The number of hydrogen-bond donors (Lipinski definition) is 0. The predicted octanol–water partition coefficient (Wildman–Crippen LogP) is 6.10. The van der Waals surface area contributed by atoms with Gasteiger partial charge in [0, 0.05) is 56.0 Å². The van der Waals surface area contributed by atoms with Crippen LogP contribution in [0.3, 0.4) is 0 Å². The zero-order valence-electron chi connectivity index (χ0n) is 25.9. The Morgan fingerprint density at radius 3 is 2.53 bits per heavy atom. The number of rotatable bonds is 7. The van der Waals surface area contributed by atoms with Crippen molar-refractivity contribution in [3.63, 3.8) is 0 Å². The van der Waals surface area contributed by atoms with E-state index >= 15 is 0 Å². The number of fused-ring (bicyclic) bond motifs is 2. The minimum absolute atomic E-state index is 0.285.